The van der Waals surface area contributed by atoms with E-state index in [-0.39, 0.29) is 23.3 Å². The average molecular weight is 442 g/mol. The van der Waals surface area contributed by atoms with E-state index in [1.807, 2.05) is 0 Å². The normalized spacial score (nSPS) is 21.7. The van der Waals surface area contributed by atoms with Gasteiger partial charge in [0.1, 0.15) is 17.8 Å². The van der Waals surface area contributed by atoms with Crippen LogP contribution in [0.4, 0.5) is 18.0 Å². The highest BCUT2D eigenvalue weighted by Gasteiger charge is 2.46. The minimum absolute atomic E-state index is 0.0720. The van der Waals surface area contributed by atoms with E-state index in [9.17, 15) is 27.1 Å². The van der Waals surface area contributed by atoms with E-state index in [4.69, 9.17) is 0 Å². The van der Waals surface area contributed by atoms with Gasteiger partial charge in [0.2, 0.25) is 10.0 Å². The molecular formula is C20H21F3N2O4S. The summed E-state index contributed by atoms with van der Waals surface area (Å²) < 4.78 is 69.4. The minimum atomic E-state index is -3.82. The molecule has 0 aliphatic carbocycles. The Labute approximate surface area is 172 Å². The van der Waals surface area contributed by atoms with Crippen molar-refractivity contribution in [3.8, 4) is 11.1 Å². The zero-order valence-corrected chi connectivity index (χ0v) is 16.9. The Morgan fingerprint density at radius 3 is 2.57 bits per heavy atom. The molecule has 1 saturated heterocycles. The van der Waals surface area contributed by atoms with Crippen LogP contribution in [0.15, 0.2) is 42.5 Å². The van der Waals surface area contributed by atoms with E-state index >= 15 is 4.39 Å². The molecule has 10 heteroatoms. The molecule has 3 rings (SSSR count). The zero-order valence-electron chi connectivity index (χ0n) is 16.1. The van der Waals surface area contributed by atoms with Gasteiger partial charge >= 0.3 is 6.09 Å². The van der Waals surface area contributed by atoms with Gasteiger partial charge in [0.05, 0.1) is 24.4 Å². The van der Waals surface area contributed by atoms with Crippen LogP contribution in [0.2, 0.25) is 0 Å². The summed E-state index contributed by atoms with van der Waals surface area (Å²) in [6, 6.07) is 7.25. The van der Waals surface area contributed by atoms with Crippen molar-refractivity contribution in [2.75, 3.05) is 12.3 Å². The van der Waals surface area contributed by atoms with Gasteiger partial charge in [-0.1, -0.05) is 30.3 Å². The first kappa shape index (κ1) is 22.1. The van der Waals surface area contributed by atoms with Crippen molar-refractivity contribution >= 4 is 16.1 Å². The summed E-state index contributed by atoms with van der Waals surface area (Å²) in [7, 11) is -3.82. The van der Waals surface area contributed by atoms with Crippen molar-refractivity contribution in [1.29, 1.82) is 0 Å². The first-order valence-electron chi connectivity index (χ1n) is 9.30. The van der Waals surface area contributed by atoms with Crippen LogP contribution in [0.25, 0.3) is 11.1 Å². The zero-order chi connectivity index (χ0) is 22.1. The summed E-state index contributed by atoms with van der Waals surface area (Å²) in [5.41, 5.74) is 0.472. The Morgan fingerprint density at radius 2 is 1.93 bits per heavy atom. The Hall–Kier alpha value is -2.59. The number of hydrogen-bond acceptors (Lipinski definition) is 3. The number of hydrogen-bond donors (Lipinski definition) is 2. The maximum Gasteiger partial charge on any atom is 0.407 e. The molecule has 0 radical (unpaired) electrons. The summed E-state index contributed by atoms with van der Waals surface area (Å²) in [6.45, 7) is 0.846. The van der Waals surface area contributed by atoms with E-state index in [0.29, 0.717) is 5.56 Å². The molecule has 3 atom stereocenters. The third kappa shape index (κ3) is 4.59. The lowest BCUT2D eigenvalue weighted by Crippen LogP contribution is -2.50. The van der Waals surface area contributed by atoms with Crippen molar-refractivity contribution in [2.24, 2.45) is 0 Å². The Balaban J connectivity index is 1.97. The molecule has 0 bridgehead atoms. The highest BCUT2D eigenvalue weighted by atomic mass is 32.2. The topological polar surface area (TPSA) is 86.7 Å². The third-order valence-corrected chi connectivity index (χ3v) is 6.55. The number of sulfonamides is 1. The molecule has 1 aliphatic rings. The van der Waals surface area contributed by atoms with Crippen LogP contribution in [-0.4, -0.2) is 55.1 Å². The SMILES string of the molecule is CCS(=O)(=O)N[C@H]1[C@@H](F)CN(C(=O)O)[C@H]1Cc1cccc(-c2cccc(F)c2)c1F. The first-order chi connectivity index (χ1) is 14.1. The molecule has 1 heterocycles. The molecular weight excluding hydrogens is 421 g/mol. The number of nitrogens with one attached hydrogen (secondary N) is 1. The highest BCUT2D eigenvalue weighted by molar-refractivity contribution is 7.89. The van der Waals surface area contributed by atoms with E-state index in [1.165, 1.54) is 43.3 Å². The predicted octanol–water partition coefficient (Wildman–Crippen LogP) is 3.18. The van der Waals surface area contributed by atoms with Gasteiger partial charge in [-0.3, -0.25) is 0 Å². The molecule has 162 valence electrons. The fourth-order valence-corrected chi connectivity index (χ4v) is 4.50. The number of rotatable bonds is 6. The summed E-state index contributed by atoms with van der Waals surface area (Å²) in [4.78, 5) is 12.4. The van der Waals surface area contributed by atoms with E-state index < -0.39 is 52.6 Å². The van der Waals surface area contributed by atoms with Crippen LogP contribution >= 0.6 is 0 Å². The average Bonchev–Trinajstić information content (AvgIpc) is 2.99. The van der Waals surface area contributed by atoms with E-state index in [1.54, 1.807) is 0 Å². The van der Waals surface area contributed by atoms with Crippen LogP contribution in [0.3, 0.4) is 0 Å². The fourth-order valence-electron chi connectivity index (χ4n) is 3.61. The molecule has 1 fully saturated rings. The Bertz CT molecular complexity index is 1050. The van der Waals surface area contributed by atoms with Gasteiger partial charge in [0.25, 0.3) is 0 Å². The fraction of sp³-hybridized carbons (Fsp3) is 0.350. The van der Waals surface area contributed by atoms with Crippen molar-refractivity contribution in [3.63, 3.8) is 0 Å². The molecule has 2 aromatic rings. The lowest BCUT2D eigenvalue weighted by Gasteiger charge is -2.26. The predicted molar refractivity (Wildman–Crippen MR) is 105 cm³/mol. The van der Waals surface area contributed by atoms with Gasteiger partial charge in [0, 0.05) is 5.56 Å². The largest absolute Gasteiger partial charge is 0.465 e. The van der Waals surface area contributed by atoms with Crippen LogP contribution in [-0.2, 0) is 16.4 Å². The number of likely N-dealkylation sites (tertiary alicyclic amines) is 1. The van der Waals surface area contributed by atoms with Gasteiger partial charge in [-0.2, -0.15) is 0 Å². The van der Waals surface area contributed by atoms with Crippen molar-refractivity contribution in [3.05, 3.63) is 59.7 Å². The number of carboxylic acid groups (broad SMARTS) is 1. The van der Waals surface area contributed by atoms with Crippen molar-refractivity contribution in [2.45, 2.75) is 31.6 Å². The van der Waals surface area contributed by atoms with Gasteiger partial charge in [-0.15, -0.1) is 0 Å². The van der Waals surface area contributed by atoms with Gasteiger partial charge in [-0.25, -0.2) is 31.1 Å². The molecule has 30 heavy (non-hydrogen) atoms. The van der Waals surface area contributed by atoms with E-state index in [0.717, 1.165) is 11.0 Å². The number of benzene rings is 2. The lowest BCUT2D eigenvalue weighted by molar-refractivity contribution is 0.136. The number of amides is 1. The molecule has 0 saturated carbocycles. The lowest BCUT2D eigenvalue weighted by atomic mass is 9.96. The second kappa shape index (κ2) is 8.65. The second-order valence-corrected chi connectivity index (χ2v) is 9.10. The molecule has 1 amide bonds. The molecule has 2 aromatic carbocycles. The summed E-state index contributed by atoms with van der Waals surface area (Å²) in [5.74, 6) is -1.55. The molecule has 1 aliphatic heterocycles. The monoisotopic (exact) mass is 442 g/mol. The maximum absolute atomic E-state index is 15.2. The quantitative estimate of drug-likeness (QED) is 0.720. The number of carbonyl (C=O) groups is 1. The summed E-state index contributed by atoms with van der Waals surface area (Å²) in [6.07, 6.45) is -3.46. The first-order valence-corrected chi connectivity index (χ1v) is 10.9. The van der Waals surface area contributed by atoms with Crippen LogP contribution in [0.1, 0.15) is 12.5 Å². The molecule has 6 nitrogen and oxygen atoms in total. The van der Waals surface area contributed by atoms with E-state index in [2.05, 4.69) is 4.72 Å². The molecule has 2 N–H and O–H groups in total. The number of alkyl halides is 1. The second-order valence-electron chi connectivity index (χ2n) is 7.06. The number of nitrogens with zero attached hydrogens (tertiary/aromatic N) is 1. The van der Waals surface area contributed by atoms with Crippen LogP contribution in [0.5, 0.6) is 0 Å². The highest BCUT2D eigenvalue weighted by Crippen LogP contribution is 2.30. The number of halogens is 3. The maximum atomic E-state index is 15.2. The standard InChI is InChI=1S/C20H21F3N2O4S/c1-2-30(28,29)24-19-16(22)11-25(20(26)27)17(19)10-13-6-4-8-15(18(13)23)12-5-3-7-14(21)9-12/h3-9,16-17,19,24H,2,10-11H2,1H3,(H,26,27)/t16-,17-,19-/m0/s1. The molecule has 0 spiro atoms. The summed E-state index contributed by atoms with van der Waals surface area (Å²) in [5, 5.41) is 9.43. The van der Waals surface area contributed by atoms with Crippen molar-refractivity contribution < 1.29 is 31.5 Å². The van der Waals surface area contributed by atoms with Gasteiger partial charge in [0.15, 0.2) is 0 Å². The minimum Gasteiger partial charge on any atom is -0.465 e. The third-order valence-electron chi connectivity index (χ3n) is 5.16. The van der Waals surface area contributed by atoms with Gasteiger partial charge in [-0.05, 0) is 36.6 Å². The summed E-state index contributed by atoms with van der Waals surface area (Å²) >= 11 is 0. The van der Waals surface area contributed by atoms with Crippen LogP contribution < -0.4 is 4.72 Å². The van der Waals surface area contributed by atoms with Crippen molar-refractivity contribution in [1.82, 2.24) is 9.62 Å². The smallest absolute Gasteiger partial charge is 0.407 e. The molecule has 0 unspecified atom stereocenters. The Morgan fingerprint density at radius 1 is 1.23 bits per heavy atom. The molecule has 0 aromatic heterocycles. The van der Waals surface area contributed by atoms with Gasteiger partial charge < -0.3 is 10.0 Å². The van der Waals surface area contributed by atoms with Crippen LogP contribution in [0, 0.1) is 11.6 Å². The Kier molecular flexibility index (Phi) is 6.37.